The summed E-state index contributed by atoms with van der Waals surface area (Å²) in [5, 5.41) is 17.3. The Balaban J connectivity index is 1.76. The molecule has 1 saturated carbocycles. The Morgan fingerprint density at radius 2 is 1.81 bits per heavy atom. The summed E-state index contributed by atoms with van der Waals surface area (Å²) in [6.07, 6.45) is 4.52. The van der Waals surface area contributed by atoms with E-state index in [1.165, 1.54) is 30.4 Å². The highest BCUT2D eigenvalue weighted by Crippen LogP contribution is 2.41. The summed E-state index contributed by atoms with van der Waals surface area (Å²) < 4.78 is 27.2. The minimum Gasteiger partial charge on any atom is -0.390 e. The van der Waals surface area contributed by atoms with Gasteiger partial charge in [-0.2, -0.15) is 0 Å². The van der Waals surface area contributed by atoms with Gasteiger partial charge in [-0.15, -0.1) is 11.3 Å². The monoisotopic (exact) mass is 462 g/mol. The van der Waals surface area contributed by atoms with Crippen molar-refractivity contribution in [2.75, 3.05) is 6.54 Å². The topological polar surface area (TPSA) is 61.4 Å². The largest absolute Gasteiger partial charge is 0.390 e. The average molecular weight is 463 g/mol. The third-order valence-corrected chi connectivity index (χ3v) is 7.54. The second-order valence-corrected chi connectivity index (χ2v) is 9.91. The van der Waals surface area contributed by atoms with Crippen LogP contribution in [0.5, 0.6) is 0 Å². The van der Waals surface area contributed by atoms with Gasteiger partial charge in [0.25, 0.3) is 0 Å². The SMILES string of the molecule is C=C(C)c1ccc(C2(NCC(O)C(Cc3cc(F)cc(F)c3)NC(C)=O)CCCCC2)s1. The number of hydrogen-bond donors (Lipinski definition) is 3. The molecule has 1 aromatic carbocycles. The molecule has 1 aliphatic carbocycles. The van der Waals surface area contributed by atoms with Crippen molar-refractivity contribution in [1.82, 2.24) is 10.6 Å². The second kappa shape index (κ2) is 10.7. The highest BCUT2D eigenvalue weighted by atomic mass is 32.1. The standard InChI is InChI=1S/C25H32F2N2O2S/c1-16(2)23-7-8-24(32-23)25(9-5-4-6-10-25)28-15-22(31)21(29-17(3)30)13-18-11-19(26)14-20(27)12-18/h7-8,11-12,14,21-22,28,31H,1,4-6,9-10,13,15H2,2-3H3,(H,29,30). The number of aliphatic hydroxyl groups excluding tert-OH is 1. The van der Waals surface area contributed by atoms with Crippen LogP contribution in [0.1, 0.15) is 61.3 Å². The van der Waals surface area contributed by atoms with Gasteiger partial charge in [-0.25, -0.2) is 8.78 Å². The Morgan fingerprint density at radius 1 is 1.16 bits per heavy atom. The molecule has 3 rings (SSSR count). The molecule has 0 bridgehead atoms. The Labute approximate surface area is 192 Å². The Hall–Kier alpha value is -2.09. The highest BCUT2D eigenvalue weighted by Gasteiger charge is 2.36. The first-order valence-corrected chi connectivity index (χ1v) is 11.9. The number of halogens is 2. The van der Waals surface area contributed by atoms with Crippen molar-refractivity contribution in [3.8, 4) is 0 Å². The van der Waals surface area contributed by atoms with E-state index < -0.39 is 23.8 Å². The van der Waals surface area contributed by atoms with Gasteiger partial charge in [0.15, 0.2) is 0 Å². The molecule has 0 saturated heterocycles. The van der Waals surface area contributed by atoms with Crippen molar-refractivity contribution in [2.45, 2.75) is 70.1 Å². The molecule has 0 radical (unpaired) electrons. The number of hydrogen-bond acceptors (Lipinski definition) is 4. The fourth-order valence-electron chi connectivity index (χ4n) is 4.46. The van der Waals surface area contributed by atoms with Crippen LogP contribution in [-0.2, 0) is 16.8 Å². The van der Waals surface area contributed by atoms with Crippen molar-refractivity contribution in [3.05, 3.63) is 63.9 Å². The molecule has 0 spiro atoms. The fraction of sp³-hybridized carbons (Fsp3) is 0.480. The summed E-state index contributed by atoms with van der Waals surface area (Å²) in [6, 6.07) is 6.82. The summed E-state index contributed by atoms with van der Waals surface area (Å²) in [7, 11) is 0. The lowest BCUT2D eigenvalue weighted by atomic mass is 9.80. The molecule has 1 aromatic heterocycles. The number of benzene rings is 1. The van der Waals surface area contributed by atoms with Crippen molar-refractivity contribution >= 4 is 22.8 Å². The Bertz CT molecular complexity index is 933. The van der Waals surface area contributed by atoms with E-state index in [0.717, 1.165) is 42.2 Å². The van der Waals surface area contributed by atoms with E-state index in [-0.39, 0.29) is 24.4 Å². The van der Waals surface area contributed by atoms with E-state index in [9.17, 15) is 18.7 Å². The van der Waals surface area contributed by atoms with Crippen LogP contribution in [0, 0.1) is 11.6 Å². The van der Waals surface area contributed by atoms with Gasteiger partial charge in [-0.1, -0.05) is 25.8 Å². The van der Waals surface area contributed by atoms with Gasteiger partial charge in [0.2, 0.25) is 5.91 Å². The number of amides is 1. The smallest absolute Gasteiger partial charge is 0.217 e. The molecule has 1 amide bonds. The Kier molecular flexibility index (Phi) is 8.20. The normalized spacial score (nSPS) is 17.5. The van der Waals surface area contributed by atoms with E-state index in [4.69, 9.17) is 0 Å². The van der Waals surface area contributed by atoms with Crippen LogP contribution in [0.3, 0.4) is 0 Å². The molecule has 0 aliphatic heterocycles. The van der Waals surface area contributed by atoms with Crippen LogP contribution >= 0.6 is 11.3 Å². The van der Waals surface area contributed by atoms with Crippen molar-refractivity contribution < 1.29 is 18.7 Å². The lowest BCUT2D eigenvalue weighted by molar-refractivity contribution is -0.120. The molecule has 1 aliphatic rings. The summed E-state index contributed by atoms with van der Waals surface area (Å²) in [4.78, 5) is 14.1. The molecule has 3 N–H and O–H groups in total. The van der Waals surface area contributed by atoms with Crippen molar-refractivity contribution in [1.29, 1.82) is 0 Å². The minimum absolute atomic E-state index is 0.128. The highest BCUT2D eigenvalue weighted by molar-refractivity contribution is 7.13. The average Bonchev–Trinajstić information content (AvgIpc) is 3.22. The van der Waals surface area contributed by atoms with Crippen LogP contribution in [0.2, 0.25) is 0 Å². The van der Waals surface area contributed by atoms with E-state index in [2.05, 4.69) is 29.3 Å². The summed E-state index contributed by atoms with van der Waals surface area (Å²) in [5.74, 6) is -1.66. The molecule has 174 valence electrons. The maximum absolute atomic E-state index is 13.6. The van der Waals surface area contributed by atoms with Gasteiger partial charge in [0.05, 0.1) is 17.7 Å². The van der Waals surface area contributed by atoms with Crippen LogP contribution in [0.4, 0.5) is 8.78 Å². The molecular formula is C25H32F2N2O2S. The Morgan fingerprint density at radius 3 is 2.38 bits per heavy atom. The van der Waals surface area contributed by atoms with Gasteiger partial charge >= 0.3 is 0 Å². The van der Waals surface area contributed by atoms with Crippen LogP contribution in [-0.4, -0.2) is 29.7 Å². The van der Waals surface area contributed by atoms with E-state index in [1.54, 1.807) is 11.3 Å². The fourth-order valence-corrected chi connectivity index (χ4v) is 5.61. The maximum atomic E-state index is 13.6. The predicted molar refractivity (Wildman–Crippen MR) is 125 cm³/mol. The number of rotatable bonds is 9. The number of thiophene rings is 1. The molecule has 32 heavy (non-hydrogen) atoms. The van der Waals surface area contributed by atoms with E-state index in [0.29, 0.717) is 5.56 Å². The van der Waals surface area contributed by atoms with Crippen molar-refractivity contribution in [3.63, 3.8) is 0 Å². The van der Waals surface area contributed by atoms with Crippen molar-refractivity contribution in [2.24, 2.45) is 0 Å². The maximum Gasteiger partial charge on any atom is 0.217 e. The number of carbonyl (C=O) groups is 1. The molecule has 2 unspecified atom stereocenters. The van der Waals surface area contributed by atoms with Gasteiger partial charge in [-0.3, -0.25) is 4.79 Å². The van der Waals surface area contributed by atoms with Crippen LogP contribution in [0.25, 0.3) is 5.57 Å². The van der Waals surface area contributed by atoms with Gasteiger partial charge < -0.3 is 15.7 Å². The molecule has 7 heteroatoms. The molecule has 2 atom stereocenters. The summed E-state index contributed by atoms with van der Waals surface area (Å²) in [5.41, 5.74) is 1.18. The number of nitrogens with one attached hydrogen (secondary N) is 2. The molecule has 1 fully saturated rings. The lowest BCUT2D eigenvalue weighted by Gasteiger charge is -2.39. The van der Waals surface area contributed by atoms with Gasteiger partial charge in [0, 0.05) is 29.3 Å². The lowest BCUT2D eigenvalue weighted by Crippen LogP contribution is -2.52. The predicted octanol–water partition coefficient (Wildman–Crippen LogP) is 4.92. The first kappa shape index (κ1) is 24.6. The van der Waals surface area contributed by atoms with Gasteiger partial charge in [0.1, 0.15) is 11.6 Å². The van der Waals surface area contributed by atoms with Gasteiger partial charge in [-0.05, 0) is 61.6 Å². The quantitative estimate of drug-likeness (QED) is 0.496. The first-order valence-electron chi connectivity index (χ1n) is 11.1. The summed E-state index contributed by atoms with van der Waals surface area (Å²) in [6.45, 7) is 7.65. The number of allylic oxidation sites excluding steroid dienone is 1. The van der Waals surface area contributed by atoms with Crippen LogP contribution < -0.4 is 10.6 Å². The third kappa shape index (κ3) is 6.24. The molecule has 2 aromatic rings. The number of carbonyl (C=O) groups excluding carboxylic acids is 1. The summed E-state index contributed by atoms with van der Waals surface area (Å²) >= 11 is 1.73. The third-order valence-electron chi connectivity index (χ3n) is 6.09. The zero-order valence-corrected chi connectivity index (χ0v) is 19.5. The van der Waals surface area contributed by atoms with Crippen LogP contribution in [0.15, 0.2) is 36.9 Å². The molecular weight excluding hydrogens is 430 g/mol. The minimum atomic E-state index is -0.926. The second-order valence-electron chi connectivity index (χ2n) is 8.82. The zero-order chi connectivity index (χ0) is 23.3. The molecule has 1 heterocycles. The molecule has 4 nitrogen and oxygen atoms in total. The zero-order valence-electron chi connectivity index (χ0n) is 18.7. The van der Waals surface area contributed by atoms with E-state index >= 15 is 0 Å². The van der Waals surface area contributed by atoms with E-state index in [1.807, 2.05) is 6.92 Å². The first-order chi connectivity index (χ1) is 15.2. The number of aliphatic hydroxyl groups is 1.